The summed E-state index contributed by atoms with van der Waals surface area (Å²) < 4.78 is 19.1. The molecular weight excluding hydrogens is 275 g/mol. The molecule has 0 aliphatic carbocycles. The van der Waals surface area contributed by atoms with Crippen LogP contribution in [0.4, 0.5) is 4.39 Å². The summed E-state index contributed by atoms with van der Waals surface area (Å²) in [6, 6.07) is 9.83. The van der Waals surface area contributed by atoms with Gasteiger partial charge in [0.2, 0.25) is 0 Å². The Morgan fingerprint density at radius 2 is 1.65 bits per heavy atom. The maximum Gasteiger partial charge on any atom is 0.129 e. The molecular formula is C17H16ClFO. The van der Waals surface area contributed by atoms with Crippen LogP contribution in [0.1, 0.15) is 38.8 Å². The Labute approximate surface area is 123 Å². The van der Waals surface area contributed by atoms with Gasteiger partial charge in [-0.1, -0.05) is 30.3 Å². The van der Waals surface area contributed by atoms with Gasteiger partial charge >= 0.3 is 0 Å². The maximum atomic E-state index is 13.7. The van der Waals surface area contributed by atoms with E-state index in [1.807, 2.05) is 18.2 Å². The van der Waals surface area contributed by atoms with Gasteiger partial charge in [-0.15, -0.1) is 11.6 Å². The first-order chi connectivity index (χ1) is 9.56. The van der Waals surface area contributed by atoms with Gasteiger partial charge in [0, 0.05) is 0 Å². The van der Waals surface area contributed by atoms with Crippen LogP contribution in [-0.2, 0) is 18.0 Å². The van der Waals surface area contributed by atoms with Crippen molar-refractivity contribution in [3.8, 4) is 0 Å². The van der Waals surface area contributed by atoms with Gasteiger partial charge in [0.15, 0.2) is 0 Å². The highest BCUT2D eigenvalue weighted by molar-refractivity contribution is 6.22. The predicted molar refractivity (Wildman–Crippen MR) is 78.5 cm³/mol. The molecule has 1 unspecified atom stereocenters. The SMILES string of the molecule is Cc1cc(C(Cl)c2ccc3c(c2)COC3)cc(C)c1F. The number of rotatable bonds is 2. The average molecular weight is 291 g/mol. The lowest BCUT2D eigenvalue weighted by Crippen LogP contribution is -1.99. The minimum Gasteiger partial charge on any atom is -0.372 e. The Hall–Kier alpha value is -1.38. The summed E-state index contributed by atoms with van der Waals surface area (Å²) in [5.74, 6) is -0.153. The minimum absolute atomic E-state index is 0.153. The van der Waals surface area contributed by atoms with Gasteiger partial charge in [-0.2, -0.15) is 0 Å². The lowest BCUT2D eigenvalue weighted by molar-refractivity contribution is 0.134. The molecule has 0 radical (unpaired) electrons. The highest BCUT2D eigenvalue weighted by Gasteiger charge is 2.17. The first-order valence-electron chi connectivity index (χ1n) is 6.66. The molecule has 0 N–H and O–H groups in total. The Morgan fingerprint density at radius 1 is 1.00 bits per heavy atom. The van der Waals surface area contributed by atoms with E-state index in [2.05, 4.69) is 12.1 Å². The number of aryl methyl sites for hydroxylation is 2. The first kappa shape index (κ1) is 13.6. The molecule has 0 saturated heterocycles. The summed E-state index contributed by atoms with van der Waals surface area (Å²) >= 11 is 6.57. The number of alkyl halides is 1. The second-order valence-electron chi connectivity index (χ2n) is 5.35. The molecule has 0 saturated carbocycles. The van der Waals surface area contributed by atoms with Gasteiger partial charge in [-0.05, 0) is 47.2 Å². The summed E-state index contributed by atoms with van der Waals surface area (Å²) in [5.41, 5.74) is 5.65. The fourth-order valence-corrected chi connectivity index (χ4v) is 2.93. The van der Waals surface area contributed by atoms with Crippen LogP contribution in [-0.4, -0.2) is 0 Å². The second-order valence-corrected chi connectivity index (χ2v) is 5.79. The van der Waals surface area contributed by atoms with E-state index in [1.54, 1.807) is 13.8 Å². The molecule has 3 rings (SSSR count). The molecule has 1 aliphatic heterocycles. The van der Waals surface area contributed by atoms with Crippen LogP contribution in [0.2, 0.25) is 0 Å². The lowest BCUT2D eigenvalue weighted by Gasteiger charge is -2.14. The molecule has 2 aromatic carbocycles. The molecule has 20 heavy (non-hydrogen) atoms. The highest BCUT2D eigenvalue weighted by atomic mass is 35.5. The monoisotopic (exact) mass is 290 g/mol. The van der Waals surface area contributed by atoms with E-state index in [9.17, 15) is 4.39 Å². The first-order valence-corrected chi connectivity index (χ1v) is 7.10. The van der Waals surface area contributed by atoms with Crippen LogP contribution in [0, 0.1) is 19.7 Å². The van der Waals surface area contributed by atoms with E-state index in [4.69, 9.17) is 16.3 Å². The average Bonchev–Trinajstić information content (AvgIpc) is 2.90. The van der Waals surface area contributed by atoms with Crippen LogP contribution in [0.5, 0.6) is 0 Å². The molecule has 104 valence electrons. The molecule has 0 fully saturated rings. The smallest absolute Gasteiger partial charge is 0.129 e. The van der Waals surface area contributed by atoms with Gasteiger partial charge in [-0.25, -0.2) is 4.39 Å². The normalized spacial score (nSPS) is 15.2. The van der Waals surface area contributed by atoms with Crippen LogP contribution in [0.25, 0.3) is 0 Å². The standard InChI is InChI=1S/C17H16ClFO/c1-10-5-14(6-11(2)17(10)19)16(18)12-3-4-13-8-20-9-15(13)7-12/h3-7,16H,8-9H2,1-2H3. The number of benzene rings is 2. The van der Waals surface area contributed by atoms with Crippen molar-refractivity contribution in [1.82, 2.24) is 0 Å². The summed E-state index contributed by atoms with van der Waals surface area (Å²) in [4.78, 5) is 0. The van der Waals surface area contributed by atoms with Crippen LogP contribution in [0.15, 0.2) is 30.3 Å². The molecule has 0 bridgehead atoms. The molecule has 1 nitrogen and oxygen atoms in total. The third-order valence-electron chi connectivity index (χ3n) is 3.79. The summed E-state index contributed by atoms with van der Waals surface area (Å²) in [6.07, 6.45) is 0. The number of halogens is 2. The van der Waals surface area contributed by atoms with E-state index in [0.717, 1.165) is 11.1 Å². The zero-order valence-corrected chi connectivity index (χ0v) is 12.3. The second kappa shape index (κ2) is 5.19. The molecule has 1 aliphatic rings. The van der Waals surface area contributed by atoms with E-state index < -0.39 is 0 Å². The quantitative estimate of drug-likeness (QED) is 0.722. The Morgan fingerprint density at radius 3 is 2.35 bits per heavy atom. The largest absolute Gasteiger partial charge is 0.372 e. The zero-order valence-electron chi connectivity index (χ0n) is 11.5. The third kappa shape index (κ3) is 2.34. The van der Waals surface area contributed by atoms with E-state index in [1.165, 1.54) is 11.1 Å². The molecule has 0 spiro atoms. The minimum atomic E-state index is -0.265. The van der Waals surface area contributed by atoms with Gasteiger partial charge in [0.05, 0.1) is 18.6 Å². The van der Waals surface area contributed by atoms with Gasteiger partial charge < -0.3 is 4.74 Å². The van der Waals surface area contributed by atoms with Crippen molar-refractivity contribution in [3.05, 3.63) is 69.5 Å². The molecule has 2 aromatic rings. The van der Waals surface area contributed by atoms with Gasteiger partial charge in [-0.3, -0.25) is 0 Å². The highest BCUT2D eigenvalue weighted by Crippen LogP contribution is 2.33. The Kier molecular flexibility index (Phi) is 3.53. The fourth-order valence-electron chi connectivity index (χ4n) is 2.67. The summed E-state index contributed by atoms with van der Waals surface area (Å²) in [6.45, 7) is 4.86. The summed E-state index contributed by atoms with van der Waals surface area (Å²) in [7, 11) is 0. The van der Waals surface area contributed by atoms with Crippen molar-refractivity contribution in [2.75, 3.05) is 0 Å². The molecule has 0 aromatic heterocycles. The number of fused-ring (bicyclic) bond motifs is 1. The van der Waals surface area contributed by atoms with Crippen molar-refractivity contribution in [2.24, 2.45) is 0 Å². The Balaban J connectivity index is 1.98. The maximum absolute atomic E-state index is 13.7. The molecule has 1 atom stereocenters. The number of ether oxygens (including phenoxy) is 1. The number of hydrogen-bond acceptors (Lipinski definition) is 1. The van der Waals surface area contributed by atoms with Crippen LogP contribution < -0.4 is 0 Å². The van der Waals surface area contributed by atoms with Gasteiger partial charge in [0.25, 0.3) is 0 Å². The van der Waals surface area contributed by atoms with Gasteiger partial charge in [0.1, 0.15) is 5.82 Å². The zero-order chi connectivity index (χ0) is 14.3. The molecule has 0 amide bonds. The molecule has 3 heteroatoms. The lowest BCUT2D eigenvalue weighted by atomic mass is 9.97. The van der Waals surface area contributed by atoms with Crippen molar-refractivity contribution in [2.45, 2.75) is 32.4 Å². The van der Waals surface area contributed by atoms with Crippen molar-refractivity contribution < 1.29 is 9.13 Å². The van der Waals surface area contributed by atoms with E-state index in [0.29, 0.717) is 24.3 Å². The number of hydrogen-bond donors (Lipinski definition) is 0. The van der Waals surface area contributed by atoms with Crippen molar-refractivity contribution in [3.63, 3.8) is 0 Å². The van der Waals surface area contributed by atoms with Crippen molar-refractivity contribution >= 4 is 11.6 Å². The topological polar surface area (TPSA) is 9.23 Å². The predicted octanol–water partition coefficient (Wildman–Crippen LogP) is 4.80. The third-order valence-corrected chi connectivity index (χ3v) is 4.29. The van der Waals surface area contributed by atoms with E-state index >= 15 is 0 Å². The fraction of sp³-hybridized carbons (Fsp3) is 0.294. The van der Waals surface area contributed by atoms with Crippen LogP contribution >= 0.6 is 11.6 Å². The Bertz CT molecular complexity index is 643. The van der Waals surface area contributed by atoms with Crippen molar-refractivity contribution in [1.29, 1.82) is 0 Å². The molecule has 1 heterocycles. The van der Waals surface area contributed by atoms with Crippen LogP contribution in [0.3, 0.4) is 0 Å². The summed E-state index contributed by atoms with van der Waals surface area (Å²) in [5, 5.41) is -0.265. The van der Waals surface area contributed by atoms with E-state index in [-0.39, 0.29) is 11.2 Å².